The monoisotopic (exact) mass is 405 g/mol. The molecule has 0 saturated heterocycles. The Hall–Kier alpha value is -3.20. The lowest BCUT2D eigenvalue weighted by Crippen LogP contribution is -2.27. The maximum atomic E-state index is 14.0. The molecule has 0 aliphatic rings. The number of hydrogen-bond donors (Lipinski definition) is 2. The number of carboxylic acid groups (broad SMARTS) is 1. The van der Waals surface area contributed by atoms with Gasteiger partial charge in [0, 0.05) is 28.5 Å². The summed E-state index contributed by atoms with van der Waals surface area (Å²) in [7, 11) is 0. The maximum Gasteiger partial charge on any atom is 0.354 e. The number of aryl methyl sites for hydroxylation is 1. The van der Waals surface area contributed by atoms with Gasteiger partial charge in [0.2, 0.25) is 5.91 Å². The molecule has 2 heterocycles. The predicted octanol–water partition coefficient (Wildman–Crippen LogP) is 3.13. The molecule has 3 rings (SSSR count). The zero-order valence-electron chi connectivity index (χ0n) is 15.1. The summed E-state index contributed by atoms with van der Waals surface area (Å²) >= 11 is 6.05. The fourth-order valence-electron chi connectivity index (χ4n) is 2.70. The number of aromatic carboxylic acids is 1. The van der Waals surface area contributed by atoms with E-state index in [1.54, 1.807) is 19.1 Å². The van der Waals surface area contributed by atoms with Crippen LogP contribution in [0.1, 0.15) is 34.7 Å². The molecule has 0 radical (unpaired) electrons. The average molecular weight is 406 g/mol. The molecule has 1 amide bonds. The van der Waals surface area contributed by atoms with Crippen LogP contribution in [-0.4, -0.2) is 36.5 Å². The first-order valence-electron chi connectivity index (χ1n) is 8.33. The van der Waals surface area contributed by atoms with Gasteiger partial charge in [-0.25, -0.2) is 13.9 Å². The molecule has 0 saturated carbocycles. The summed E-state index contributed by atoms with van der Waals surface area (Å²) in [6.07, 6.45) is 1.31. The van der Waals surface area contributed by atoms with Crippen LogP contribution < -0.4 is 5.32 Å². The van der Waals surface area contributed by atoms with Crippen LogP contribution in [0.2, 0.25) is 5.02 Å². The lowest BCUT2D eigenvalue weighted by Gasteiger charge is -2.13. The quantitative estimate of drug-likeness (QED) is 0.656. The molecule has 0 spiro atoms. The summed E-state index contributed by atoms with van der Waals surface area (Å²) < 4.78 is 16.6. The maximum absolute atomic E-state index is 14.0. The second-order valence-corrected chi connectivity index (χ2v) is 6.57. The van der Waals surface area contributed by atoms with Gasteiger partial charge in [-0.1, -0.05) is 17.7 Å². The average Bonchev–Trinajstić information content (AvgIpc) is 3.24. The number of carbonyl (C=O) groups is 2. The lowest BCUT2D eigenvalue weighted by atomic mass is 10.2. The summed E-state index contributed by atoms with van der Waals surface area (Å²) in [6.45, 7) is 3.39. The summed E-state index contributed by atoms with van der Waals surface area (Å²) in [6, 6.07) is 6.49. The minimum atomic E-state index is -1.18. The van der Waals surface area contributed by atoms with E-state index in [1.807, 2.05) is 0 Å². The molecule has 146 valence electrons. The molecule has 1 unspecified atom stereocenters. The highest BCUT2D eigenvalue weighted by atomic mass is 35.5. The Kier molecular flexibility index (Phi) is 5.46. The molecule has 1 atom stereocenters. The number of anilines is 1. The molecule has 2 aromatic heterocycles. The molecule has 8 nitrogen and oxygen atoms in total. The lowest BCUT2D eigenvalue weighted by molar-refractivity contribution is -0.119. The van der Waals surface area contributed by atoms with E-state index in [0.717, 1.165) is 4.68 Å². The summed E-state index contributed by atoms with van der Waals surface area (Å²) in [4.78, 5) is 23.7. The van der Waals surface area contributed by atoms with Gasteiger partial charge >= 0.3 is 5.97 Å². The van der Waals surface area contributed by atoms with Gasteiger partial charge < -0.3 is 10.4 Å². The Morgan fingerprint density at radius 1 is 1.36 bits per heavy atom. The number of rotatable bonds is 6. The van der Waals surface area contributed by atoms with Crippen LogP contribution in [0.25, 0.3) is 0 Å². The van der Waals surface area contributed by atoms with E-state index in [0.29, 0.717) is 11.3 Å². The number of benzene rings is 1. The van der Waals surface area contributed by atoms with Gasteiger partial charge in [-0.3, -0.25) is 9.48 Å². The second-order valence-electron chi connectivity index (χ2n) is 6.16. The first kappa shape index (κ1) is 19.6. The number of nitrogens with one attached hydrogen (secondary N) is 1. The Morgan fingerprint density at radius 2 is 2.11 bits per heavy atom. The molecule has 0 aliphatic carbocycles. The van der Waals surface area contributed by atoms with Crippen LogP contribution in [0.5, 0.6) is 0 Å². The fourth-order valence-corrected chi connectivity index (χ4v) is 2.92. The molecular weight excluding hydrogens is 389 g/mol. The third-order valence-corrected chi connectivity index (χ3v) is 4.59. The highest BCUT2D eigenvalue weighted by Gasteiger charge is 2.22. The number of carboxylic acids is 1. The Labute approximate surface area is 164 Å². The Morgan fingerprint density at radius 3 is 2.79 bits per heavy atom. The van der Waals surface area contributed by atoms with Crippen molar-refractivity contribution in [2.75, 3.05) is 5.32 Å². The van der Waals surface area contributed by atoms with Gasteiger partial charge in [-0.15, -0.1) is 0 Å². The van der Waals surface area contributed by atoms with Crippen LogP contribution in [0.3, 0.4) is 0 Å². The first-order valence-corrected chi connectivity index (χ1v) is 8.70. The number of aromatic nitrogens is 4. The highest BCUT2D eigenvalue weighted by Crippen LogP contribution is 2.21. The van der Waals surface area contributed by atoms with E-state index in [-0.39, 0.29) is 23.1 Å². The van der Waals surface area contributed by atoms with Crippen molar-refractivity contribution < 1.29 is 19.1 Å². The van der Waals surface area contributed by atoms with E-state index in [4.69, 9.17) is 16.7 Å². The molecular formula is C18H17ClFN5O3. The van der Waals surface area contributed by atoms with Crippen LogP contribution in [-0.2, 0) is 11.3 Å². The Balaban J connectivity index is 1.77. The van der Waals surface area contributed by atoms with Gasteiger partial charge in [-0.05, 0) is 32.0 Å². The normalized spacial score (nSPS) is 12.0. The van der Waals surface area contributed by atoms with Gasteiger partial charge in [0.05, 0.1) is 6.54 Å². The first-order chi connectivity index (χ1) is 13.3. The number of carbonyl (C=O) groups excluding carboxylic acids is 1. The van der Waals surface area contributed by atoms with Crippen molar-refractivity contribution in [3.8, 4) is 0 Å². The SMILES string of the molecule is Cc1cc(NC(=O)C(C)n2nccc2C(=O)O)nn1Cc1c(F)cccc1Cl. The van der Waals surface area contributed by atoms with Crippen molar-refractivity contribution in [2.24, 2.45) is 0 Å². The molecule has 2 N–H and O–H groups in total. The summed E-state index contributed by atoms with van der Waals surface area (Å²) in [5.74, 6) is -1.86. The van der Waals surface area contributed by atoms with Crippen molar-refractivity contribution in [3.63, 3.8) is 0 Å². The minimum Gasteiger partial charge on any atom is -0.477 e. The minimum absolute atomic E-state index is 0.0986. The van der Waals surface area contributed by atoms with Crippen molar-refractivity contribution in [3.05, 3.63) is 64.3 Å². The van der Waals surface area contributed by atoms with Gasteiger partial charge in [0.1, 0.15) is 17.6 Å². The Bertz CT molecular complexity index is 1030. The number of halogens is 2. The number of amides is 1. The van der Waals surface area contributed by atoms with Crippen molar-refractivity contribution >= 4 is 29.3 Å². The smallest absolute Gasteiger partial charge is 0.354 e. The van der Waals surface area contributed by atoms with Gasteiger partial charge in [-0.2, -0.15) is 10.2 Å². The van der Waals surface area contributed by atoms with Crippen LogP contribution in [0, 0.1) is 12.7 Å². The zero-order chi connectivity index (χ0) is 20.4. The molecule has 1 aromatic carbocycles. The van der Waals surface area contributed by atoms with Gasteiger partial charge in [0.25, 0.3) is 0 Å². The second kappa shape index (κ2) is 7.81. The van der Waals surface area contributed by atoms with Crippen LogP contribution in [0.15, 0.2) is 36.5 Å². The van der Waals surface area contributed by atoms with E-state index in [1.165, 1.54) is 36.0 Å². The molecule has 28 heavy (non-hydrogen) atoms. The van der Waals surface area contributed by atoms with E-state index < -0.39 is 23.7 Å². The number of nitrogens with zero attached hydrogens (tertiary/aromatic N) is 4. The number of hydrogen-bond acceptors (Lipinski definition) is 4. The molecule has 3 aromatic rings. The molecule has 0 aliphatic heterocycles. The summed E-state index contributed by atoms with van der Waals surface area (Å²) in [5.41, 5.74) is 0.885. The highest BCUT2D eigenvalue weighted by molar-refractivity contribution is 6.31. The standard InChI is InChI=1S/C18H17ClFN5O3/c1-10-8-16(23-24(10)9-12-13(19)4-3-5-14(12)20)22-17(26)11(2)25-15(18(27)28)6-7-21-25/h3-8,11H,9H2,1-2H3,(H,27,28)(H,22,23,26). The third kappa shape index (κ3) is 3.89. The van der Waals surface area contributed by atoms with E-state index in [2.05, 4.69) is 15.5 Å². The summed E-state index contributed by atoms with van der Waals surface area (Å²) in [5, 5.41) is 20.2. The molecule has 0 bridgehead atoms. The topological polar surface area (TPSA) is 102 Å². The molecule has 10 heteroatoms. The van der Waals surface area contributed by atoms with E-state index >= 15 is 0 Å². The fraction of sp³-hybridized carbons (Fsp3) is 0.222. The largest absolute Gasteiger partial charge is 0.477 e. The third-order valence-electron chi connectivity index (χ3n) is 4.24. The van der Waals surface area contributed by atoms with Crippen LogP contribution >= 0.6 is 11.6 Å². The predicted molar refractivity (Wildman–Crippen MR) is 100 cm³/mol. The van der Waals surface area contributed by atoms with Crippen molar-refractivity contribution in [2.45, 2.75) is 26.4 Å². The van der Waals surface area contributed by atoms with Crippen LogP contribution in [0.4, 0.5) is 10.2 Å². The molecule has 0 fully saturated rings. The van der Waals surface area contributed by atoms with Crippen molar-refractivity contribution in [1.29, 1.82) is 0 Å². The van der Waals surface area contributed by atoms with E-state index in [9.17, 15) is 14.0 Å². The van der Waals surface area contributed by atoms with Gasteiger partial charge in [0.15, 0.2) is 5.82 Å². The zero-order valence-corrected chi connectivity index (χ0v) is 15.8. The van der Waals surface area contributed by atoms with Crippen molar-refractivity contribution in [1.82, 2.24) is 19.6 Å².